The van der Waals surface area contributed by atoms with Gasteiger partial charge >= 0.3 is 6.03 Å². The molecule has 0 atom stereocenters. The van der Waals surface area contributed by atoms with Gasteiger partial charge in [0.25, 0.3) is 0 Å². The summed E-state index contributed by atoms with van der Waals surface area (Å²) in [5, 5.41) is 2.83. The van der Waals surface area contributed by atoms with Crippen LogP contribution in [0.2, 0.25) is 0 Å². The Morgan fingerprint density at radius 3 is 2.75 bits per heavy atom. The topological polar surface area (TPSA) is 61.9 Å². The quantitative estimate of drug-likeness (QED) is 0.831. The number of amides is 3. The first-order chi connectivity index (χ1) is 9.63. The highest BCUT2D eigenvalue weighted by Crippen LogP contribution is 2.44. The lowest BCUT2D eigenvalue weighted by Crippen LogP contribution is -2.55. The Labute approximate surface area is 124 Å². The van der Waals surface area contributed by atoms with Crippen LogP contribution in [-0.4, -0.2) is 72.3 Å². The first kappa shape index (κ1) is 15.4. The van der Waals surface area contributed by atoms with E-state index in [1.807, 2.05) is 16.7 Å². The standard InChI is InChI=1S/C13H23N3O3S/c1-3-14-12(18)15-6-4-13(5-7-15)16(8-9-19-2)11(17)10-20-13/h3-10H2,1-2H3,(H,14,18). The van der Waals surface area contributed by atoms with Gasteiger partial charge in [0, 0.05) is 33.3 Å². The van der Waals surface area contributed by atoms with Crippen LogP contribution < -0.4 is 5.32 Å². The number of urea groups is 1. The third-order valence-electron chi connectivity index (χ3n) is 3.94. The van der Waals surface area contributed by atoms with Gasteiger partial charge in [0.05, 0.1) is 17.2 Å². The maximum absolute atomic E-state index is 12.0. The molecule has 3 amide bonds. The molecular weight excluding hydrogens is 278 g/mol. The van der Waals surface area contributed by atoms with Gasteiger partial charge in [0.2, 0.25) is 5.91 Å². The largest absolute Gasteiger partial charge is 0.383 e. The van der Waals surface area contributed by atoms with Crippen LogP contribution in [0, 0.1) is 0 Å². The number of carbonyl (C=O) groups is 2. The van der Waals surface area contributed by atoms with Crippen LogP contribution in [0.5, 0.6) is 0 Å². The number of nitrogens with zero attached hydrogens (tertiary/aromatic N) is 2. The Hall–Kier alpha value is -0.950. The molecule has 20 heavy (non-hydrogen) atoms. The van der Waals surface area contributed by atoms with Crippen molar-refractivity contribution in [2.45, 2.75) is 24.6 Å². The van der Waals surface area contributed by atoms with Crippen LogP contribution in [0.4, 0.5) is 4.79 Å². The molecule has 2 saturated heterocycles. The van der Waals surface area contributed by atoms with Crippen molar-refractivity contribution in [2.75, 3.05) is 45.6 Å². The highest BCUT2D eigenvalue weighted by Gasteiger charge is 2.47. The average molecular weight is 301 g/mol. The second kappa shape index (κ2) is 6.67. The number of nitrogens with one attached hydrogen (secondary N) is 1. The van der Waals surface area contributed by atoms with Crippen molar-refractivity contribution < 1.29 is 14.3 Å². The van der Waals surface area contributed by atoms with E-state index in [9.17, 15) is 9.59 Å². The smallest absolute Gasteiger partial charge is 0.317 e. The Bertz CT molecular complexity index is 370. The maximum atomic E-state index is 12.0. The molecule has 6 nitrogen and oxygen atoms in total. The lowest BCUT2D eigenvalue weighted by Gasteiger charge is -2.43. The summed E-state index contributed by atoms with van der Waals surface area (Å²) in [5.41, 5.74) is 0. The van der Waals surface area contributed by atoms with Crippen molar-refractivity contribution >= 4 is 23.7 Å². The fourth-order valence-electron chi connectivity index (χ4n) is 2.83. The van der Waals surface area contributed by atoms with E-state index in [0.29, 0.717) is 38.5 Å². The maximum Gasteiger partial charge on any atom is 0.317 e. The first-order valence-electron chi connectivity index (χ1n) is 7.09. The zero-order chi connectivity index (χ0) is 14.6. The Morgan fingerprint density at radius 2 is 2.15 bits per heavy atom. The summed E-state index contributed by atoms with van der Waals surface area (Å²) in [4.78, 5) is 27.5. The van der Waals surface area contributed by atoms with Crippen molar-refractivity contribution in [3.05, 3.63) is 0 Å². The molecule has 0 bridgehead atoms. The van der Waals surface area contributed by atoms with E-state index in [-0.39, 0.29) is 16.8 Å². The molecule has 7 heteroatoms. The third-order valence-corrected chi connectivity index (χ3v) is 5.49. The van der Waals surface area contributed by atoms with Crippen LogP contribution in [0.1, 0.15) is 19.8 Å². The van der Waals surface area contributed by atoms with Crippen LogP contribution in [0.25, 0.3) is 0 Å². The third kappa shape index (κ3) is 3.03. The fourth-order valence-corrected chi connectivity index (χ4v) is 4.19. The van der Waals surface area contributed by atoms with Gasteiger partial charge < -0.3 is 19.9 Å². The Morgan fingerprint density at radius 1 is 1.45 bits per heavy atom. The van der Waals surface area contributed by atoms with E-state index in [0.717, 1.165) is 12.8 Å². The summed E-state index contributed by atoms with van der Waals surface area (Å²) in [5.74, 6) is 0.740. The SMILES string of the molecule is CCNC(=O)N1CCC2(CC1)SCC(=O)N2CCOC. The molecule has 0 aliphatic carbocycles. The highest BCUT2D eigenvalue weighted by molar-refractivity contribution is 8.01. The number of hydrogen-bond donors (Lipinski definition) is 1. The van der Waals surface area contributed by atoms with Crippen molar-refractivity contribution in [2.24, 2.45) is 0 Å². The second-order valence-corrected chi connectivity index (χ2v) is 6.43. The van der Waals surface area contributed by atoms with Gasteiger partial charge in [-0.3, -0.25) is 4.79 Å². The van der Waals surface area contributed by atoms with Gasteiger partial charge in [-0.25, -0.2) is 4.79 Å². The van der Waals surface area contributed by atoms with E-state index in [4.69, 9.17) is 4.74 Å². The predicted molar refractivity (Wildman–Crippen MR) is 78.7 cm³/mol. The van der Waals surface area contributed by atoms with Crippen LogP contribution >= 0.6 is 11.8 Å². The van der Waals surface area contributed by atoms with Gasteiger partial charge in [0.15, 0.2) is 0 Å². The Kier molecular flexibility index (Phi) is 5.15. The van der Waals surface area contributed by atoms with Gasteiger partial charge in [0.1, 0.15) is 0 Å². The normalized spacial score (nSPS) is 21.6. The van der Waals surface area contributed by atoms with Crippen molar-refractivity contribution in [1.82, 2.24) is 15.1 Å². The second-order valence-electron chi connectivity index (χ2n) is 5.10. The molecule has 1 spiro atoms. The van der Waals surface area contributed by atoms with Gasteiger partial charge in [-0.05, 0) is 19.8 Å². The summed E-state index contributed by atoms with van der Waals surface area (Å²) >= 11 is 1.72. The molecule has 0 aromatic rings. The van der Waals surface area contributed by atoms with E-state index < -0.39 is 0 Å². The minimum absolute atomic E-state index is 0.000106. The molecule has 2 aliphatic heterocycles. The van der Waals surface area contributed by atoms with Gasteiger partial charge in [-0.15, -0.1) is 11.8 Å². The molecule has 1 N–H and O–H groups in total. The van der Waals surface area contributed by atoms with Crippen LogP contribution in [-0.2, 0) is 9.53 Å². The number of methoxy groups -OCH3 is 1. The molecule has 2 rings (SSSR count). The van der Waals surface area contributed by atoms with Crippen LogP contribution in [0.3, 0.4) is 0 Å². The minimum atomic E-state index is -0.126. The van der Waals surface area contributed by atoms with E-state index in [1.165, 1.54) is 0 Å². The van der Waals surface area contributed by atoms with E-state index in [2.05, 4.69) is 5.32 Å². The highest BCUT2D eigenvalue weighted by atomic mass is 32.2. The molecule has 0 radical (unpaired) electrons. The number of piperidine rings is 1. The minimum Gasteiger partial charge on any atom is -0.383 e. The molecule has 2 fully saturated rings. The first-order valence-corrected chi connectivity index (χ1v) is 8.07. The molecule has 0 unspecified atom stereocenters. The lowest BCUT2D eigenvalue weighted by atomic mass is 10.0. The molecule has 0 aromatic heterocycles. The van der Waals surface area contributed by atoms with Gasteiger partial charge in [-0.1, -0.05) is 0 Å². The molecule has 2 heterocycles. The fraction of sp³-hybridized carbons (Fsp3) is 0.846. The van der Waals surface area contributed by atoms with Crippen molar-refractivity contribution in [3.63, 3.8) is 0 Å². The number of ether oxygens (including phenoxy) is 1. The Balaban J connectivity index is 1.96. The molecule has 114 valence electrons. The summed E-state index contributed by atoms with van der Waals surface area (Å²) in [7, 11) is 1.65. The van der Waals surface area contributed by atoms with E-state index in [1.54, 1.807) is 18.9 Å². The van der Waals surface area contributed by atoms with Crippen molar-refractivity contribution in [3.8, 4) is 0 Å². The molecule has 0 aromatic carbocycles. The van der Waals surface area contributed by atoms with Crippen LogP contribution in [0.15, 0.2) is 0 Å². The molecular formula is C13H23N3O3S. The summed E-state index contributed by atoms with van der Waals surface area (Å²) in [6.07, 6.45) is 1.68. The lowest BCUT2D eigenvalue weighted by molar-refractivity contribution is -0.131. The molecule has 2 aliphatic rings. The number of rotatable bonds is 4. The zero-order valence-electron chi connectivity index (χ0n) is 12.2. The summed E-state index contributed by atoms with van der Waals surface area (Å²) in [6, 6.07) is 0.000106. The summed E-state index contributed by atoms with van der Waals surface area (Å²) < 4.78 is 5.10. The molecule has 0 saturated carbocycles. The van der Waals surface area contributed by atoms with Crippen molar-refractivity contribution in [1.29, 1.82) is 0 Å². The number of likely N-dealkylation sites (tertiary alicyclic amines) is 1. The number of carbonyl (C=O) groups excluding carboxylic acids is 2. The predicted octanol–water partition coefficient (Wildman–Crippen LogP) is 0.730. The zero-order valence-corrected chi connectivity index (χ0v) is 13.0. The van der Waals surface area contributed by atoms with Gasteiger partial charge in [-0.2, -0.15) is 0 Å². The average Bonchev–Trinajstić information content (AvgIpc) is 2.74. The monoisotopic (exact) mass is 301 g/mol. The number of hydrogen-bond acceptors (Lipinski definition) is 4. The number of thioether (sulfide) groups is 1. The summed E-state index contributed by atoms with van der Waals surface area (Å²) in [6.45, 7) is 5.18. The van der Waals surface area contributed by atoms with E-state index >= 15 is 0 Å².